The van der Waals surface area contributed by atoms with Crippen molar-refractivity contribution in [3.8, 4) is 0 Å². The average molecular weight is 601 g/mol. The summed E-state index contributed by atoms with van der Waals surface area (Å²) >= 11 is 0. The van der Waals surface area contributed by atoms with E-state index in [1.54, 1.807) is 54.6 Å². The van der Waals surface area contributed by atoms with Crippen molar-refractivity contribution in [2.45, 2.75) is 24.5 Å². The summed E-state index contributed by atoms with van der Waals surface area (Å²) in [4.78, 5) is 56.9. The molecule has 0 radical (unpaired) electrons. The van der Waals surface area contributed by atoms with Crippen molar-refractivity contribution in [3.63, 3.8) is 0 Å². The van der Waals surface area contributed by atoms with Gasteiger partial charge in [0.2, 0.25) is 0 Å². The van der Waals surface area contributed by atoms with E-state index >= 15 is 4.39 Å². The lowest BCUT2D eigenvalue weighted by atomic mass is 10.1. The third-order valence-electron chi connectivity index (χ3n) is 6.22. The summed E-state index contributed by atoms with van der Waals surface area (Å²) in [6.45, 7) is -0.741. The molecule has 2 N–H and O–H groups in total. The van der Waals surface area contributed by atoms with E-state index < -0.39 is 54.7 Å². The number of hydrogen-bond acceptors (Lipinski definition) is 9. The number of azide groups is 1. The molecule has 0 spiro atoms. The van der Waals surface area contributed by atoms with Gasteiger partial charge in [-0.1, -0.05) is 59.7 Å². The maximum Gasteiger partial charge on any atom is 0.351 e. The molecule has 0 unspecified atom stereocenters. The number of amides is 1. The summed E-state index contributed by atoms with van der Waals surface area (Å²) in [5, 5.41) is 16.8. The number of aromatic nitrogens is 2. The van der Waals surface area contributed by atoms with E-state index in [0.717, 1.165) is 12.3 Å². The molecule has 1 amide bonds. The molecule has 0 aliphatic heterocycles. The molecule has 1 heterocycles. The largest absolute Gasteiger partial charge is 0.462 e. The Balaban J connectivity index is 1.58. The van der Waals surface area contributed by atoms with Gasteiger partial charge in [0, 0.05) is 16.7 Å². The van der Waals surface area contributed by atoms with Gasteiger partial charge in [-0.05, 0) is 48.0 Å². The molecule has 0 fully saturated rings. The number of nitrogens with one attached hydrogen (secondary N) is 1. The average Bonchev–Trinajstić information content (AvgIpc) is 3.06. The smallest absolute Gasteiger partial charge is 0.351 e. The highest BCUT2D eigenvalue weighted by Gasteiger charge is 2.39. The number of alkyl halides is 1. The van der Waals surface area contributed by atoms with E-state index in [4.69, 9.17) is 9.47 Å². The molecule has 224 valence electrons. The molecule has 4 rings (SSSR count). The zero-order valence-corrected chi connectivity index (χ0v) is 22.8. The lowest BCUT2D eigenvalue weighted by molar-refractivity contribution is -0.0739. The van der Waals surface area contributed by atoms with Gasteiger partial charge in [-0.25, -0.2) is 18.8 Å². The third-order valence-corrected chi connectivity index (χ3v) is 6.22. The molecule has 0 bridgehead atoms. The SMILES string of the molecule is [N-]=[N+]=N[C@@H](COC(=O)c1ccccc1)[C@@H](OC(=O)c1ccccc1)[C@@H](F)[C@@H](O)n1ccc(NC(=O)c2ccccc2)nc1=O. The second kappa shape index (κ2) is 14.9. The van der Waals surface area contributed by atoms with Crippen LogP contribution in [0, 0.1) is 0 Å². The minimum absolute atomic E-state index is 0.0116. The predicted molar refractivity (Wildman–Crippen MR) is 154 cm³/mol. The number of aliphatic hydroxyl groups is 1. The fourth-order valence-electron chi connectivity index (χ4n) is 3.99. The van der Waals surface area contributed by atoms with Gasteiger partial charge in [-0.3, -0.25) is 9.36 Å². The number of aliphatic hydroxyl groups excluding tert-OH is 1. The number of rotatable bonds is 12. The van der Waals surface area contributed by atoms with Crippen molar-refractivity contribution in [2.75, 3.05) is 11.9 Å². The van der Waals surface area contributed by atoms with Crippen LogP contribution in [0.15, 0.2) is 113 Å². The van der Waals surface area contributed by atoms with Crippen LogP contribution in [-0.4, -0.2) is 57.4 Å². The number of halogens is 1. The van der Waals surface area contributed by atoms with Gasteiger partial charge in [0.15, 0.2) is 12.4 Å². The molecule has 0 saturated carbocycles. The molecule has 14 heteroatoms. The van der Waals surface area contributed by atoms with Gasteiger partial charge in [0.1, 0.15) is 24.6 Å². The van der Waals surface area contributed by atoms with Crippen LogP contribution in [0.5, 0.6) is 0 Å². The molecule has 0 aliphatic carbocycles. The Kier molecular flexibility index (Phi) is 10.5. The van der Waals surface area contributed by atoms with Gasteiger partial charge in [0.05, 0.1) is 11.1 Å². The number of hydrogen-bond donors (Lipinski definition) is 2. The first-order valence-corrected chi connectivity index (χ1v) is 13.1. The second-order valence-electron chi connectivity index (χ2n) is 9.15. The minimum Gasteiger partial charge on any atom is -0.462 e. The van der Waals surface area contributed by atoms with Crippen LogP contribution in [0.1, 0.15) is 37.3 Å². The molecule has 13 nitrogen and oxygen atoms in total. The quantitative estimate of drug-likeness (QED) is 0.105. The van der Waals surface area contributed by atoms with Crippen LogP contribution in [0.25, 0.3) is 10.4 Å². The number of anilines is 1. The van der Waals surface area contributed by atoms with Crippen molar-refractivity contribution in [1.29, 1.82) is 0 Å². The van der Waals surface area contributed by atoms with Gasteiger partial charge >= 0.3 is 17.6 Å². The van der Waals surface area contributed by atoms with Crippen LogP contribution in [0.4, 0.5) is 10.2 Å². The number of benzene rings is 3. The summed E-state index contributed by atoms with van der Waals surface area (Å²) in [5.41, 5.74) is 8.48. The molecular formula is C30H25FN6O7. The van der Waals surface area contributed by atoms with E-state index in [1.807, 2.05) is 0 Å². The van der Waals surface area contributed by atoms with E-state index in [0.29, 0.717) is 10.1 Å². The highest BCUT2D eigenvalue weighted by Crippen LogP contribution is 2.23. The van der Waals surface area contributed by atoms with E-state index in [2.05, 4.69) is 20.3 Å². The van der Waals surface area contributed by atoms with Crippen LogP contribution in [0.2, 0.25) is 0 Å². The number of carbonyl (C=O) groups excluding carboxylic acids is 3. The Bertz CT molecular complexity index is 1700. The number of ether oxygens (including phenoxy) is 2. The third kappa shape index (κ3) is 7.91. The first kappa shape index (κ1) is 31.1. The summed E-state index contributed by atoms with van der Waals surface area (Å²) < 4.78 is 27.1. The molecule has 3 aromatic carbocycles. The van der Waals surface area contributed by atoms with E-state index in [-0.39, 0.29) is 16.9 Å². The summed E-state index contributed by atoms with van der Waals surface area (Å²) in [6.07, 6.45) is -5.98. The topological polar surface area (TPSA) is 186 Å². The first-order valence-electron chi connectivity index (χ1n) is 13.1. The van der Waals surface area contributed by atoms with Crippen molar-refractivity contribution in [3.05, 3.63) is 141 Å². The molecular weight excluding hydrogens is 575 g/mol. The zero-order chi connectivity index (χ0) is 31.5. The van der Waals surface area contributed by atoms with E-state index in [1.165, 1.54) is 36.4 Å². The normalized spacial score (nSPS) is 13.3. The Morgan fingerprint density at radius 1 is 0.909 bits per heavy atom. The maximum atomic E-state index is 16.0. The lowest BCUT2D eigenvalue weighted by Gasteiger charge is -2.29. The number of esters is 2. The second-order valence-corrected chi connectivity index (χ2v) is 9.15. The fraction of sp³-hybridized carbons (Fsp3) is 0.167. The molecule has 44 heavy (non-hydrogen) atoms. The molecule has 0 aliphatic rings. The van der Waals surface area contributed by atoms with Crippen LogP contribution in [0.3, 0.4) is 0 Å². The zero-order valence-electron chi connectivity index (χ0n) is 22.8. The van der Waals surface area contributed by atoms with E-state index in [9.17, 15) is 29.8 Å². The molecule has 0 saturated heterocycles. The predicted octanol–water partition coefficient (Wildman–Crippen LogP) is 4.09. The molecule has 4 aromatic rings. The van der Waals surface area contributed by atoms with Crippen molar-refractivity contribution in [1.82, 2.24) is 9.55 Å². The summed E-state index contributed by atoms with van der Waals surface area (Å²) in [6, 6.07) is 22.8. The van der Waals surface area contributed by atoms with Crippen LogP contribution >= 0.6 is 0 Å². The standard InChI is InChI=1S/C30H25FN6O7/c31-24(27(39)37-17-16-23(34-30(37)42)33-26(38)19-10-4-1-5-11-19)25(44-29(41)21-14-8-3-9-15-21)22(35-36-32)18-43-28(40)20-12-6-2-7-13-20/h1-17,22,24-25,27,39H,18H2,(H,33,34,38,42)/t22-,24+,25+,27+/m0/s1. The molecule has 4 atom stereocenters. The fourth-order valence-corrected chi connectivity index (χ4v) is 3.99. The highest BCUT2D eigenvalue weighted by molar-refractivity contribution is 6.03. The lowest BCUT2D eigenvalue weighted by Crippen LogP contribution is -2.46. The maximum absolute atomic E-state index is 16.0. The Morgan fingerprint density at radius 2 is 1.45 bits per heavy atom. The van der Waals surface area contributed by atoms with Crippen molar-refractivity contribution >= 4 is 23.7 Å². The van der Waals surface area contributed by atoms with Crippen molar-refractivity contribution in [2.24, 2.45) is 5.11 Å². The Labute approximate surface area is 249 Å². The monoisotopic (exact) mass is 600 g/mol. The Morgan fingerprint density at radius 3 is 2.00 bits per heavy atom. The summed E-state index contributed by atoms with van der Waals surface area (Å²) in [5.74, 6) is -2.60. The number of nitrogens with zero attached hydrogens (tertiary/aromatic N) is 5. The van der Waals surface area contributed by atoms with Crippen molar-refractivity contribution < 1.29 is 33.4 Å². The van der Waals surface area contributed by atoms with Gasteiger partial charge in [-0.2, -0.15) is 4.98 Å². The Hall–Kier alpha value is -5.85. The van der Waals surface area contributed by atoms with Crippen LogP contribution in [-0.2, 0) is 9.47 Å². The molecule has 1 aromatic heterocycles. The van der Waals surface area contributed by atoms with Gasteiger partial charge in [0.25, 0.3) is 5.91 Å². The number of carbonyl (C=O) groups is 3. The minimum atomic E-state index is -2.60. The highest BCUT2D eigenvalue weighted by atomic mass is 19.1. The van der Waals surface area contributed by atoms with Crippen LogP contribution < -0.4 is 11.0 Å². The van der Waals surface area contributed by atoms with Gasteiger partial charge < -0.3 is 19.9 Å². The van der Waals surface area contributed by atoms with Gasteiger partial charge in [-0.15, -0.1) is 0 Å². The first-order chi connectivity index (χ1) is 21.3. The summed E-state index contributed by atoms with van der Waals surface area (Å²) in [7, 11) is 0.